The highest BCUT2D eigenvalue weighted by Gasteiger charge is 2.20. The van der Waals surface area contributed by atoms with Gasteiger partial charge in [0.1, 0.15) is 5.82 Å². The molecule has 20 heavy (non-hydrogen) atoms. The highest BCUT2D eigenvalue weighted by molar-refractivity contribution is 9.11. The third kappa shape index (κ3) is 3.30. The first kappa shape index (κ1) is 15.7. The summed E-state index contributed by atoms with van der Waals surface area (Å²) in [5, 5.41) is 3.46. The number of hydrogen-bond donors (Lipinski definition) is 1. The fourth-order valence-corrected chi connectivity index (χ4v) is 3.84. The van der Waals surface area contributed by atoms with Crippen LogP contribution in [-0.4, -0.2) is 6.54 Å². The maximum absolute atomic E-state index is 14.4. The van der Waals surface area contributed by atoms with E-state index >= 15 is 0 Å². The van der Waals surface area contributed by atoms with Crippen LogP contribution in [0.4, 0.5) is 4.39 Å². The zero-order valence-electron chi connectivity index (χ0n) is 12.0. The summed E-state index contributed by atoms with van der Waals surface area (Å²) in [5.74, 6) is -0.108. The summed E-state index contributed by atoms with van der Waals surface area (Å²) >= 11 is 5.22. The lowest BCUT2D eigenvalue weighted by molar-refractivity contribution is 0.546. The predicted molar refractivity (Wildman–Crippen MR) is 88.0 cm³/mol. The van der Waals surface area contributed by atoms with Gasteiger partial charge < -0.3 is 5.32 Å². The molecule has 0 radical (unpaired) electrons. The molecular weight excluding hydrogens is 337 g/mol. The minimum absolute atomic E-state index is 0.0788. The van der Waals surface area contributed by atoms with Crippen molar-refractivity contribution in [1.29, 1.82) is 0 Å². The third-order valence-corrected chi connectivity index (χ3v) is 5.49. The topological polar surface area (TPSA) is 12.0 Å². The fraction of sp³-hybridized carbons (Fsp3) is 0.375. The van der Waals surface area contributed by atoms with Gasteiger partial charge in [-0.3, -0.25) is 0 Å². The highest BCUT2D eigenvalue weighted by atomic mass is 79.9. The molecule has 0 saturated heterocycles. The molecule has 2 rings (SSSR count). The van der Waals surface area contributed by atoms with E-state index in [0.717, 1.165) is 27.2 Å². The van der Waals surface area contributed by atoms with Crippen LogP contribution in [0.15, 0.2) is 28.1 Å². The molecule has 1 N–H and O–H groups in total. The van der Waals surface area contributed by atoms with Crippen LogP contribution < -0.4 is 5.32 Å². The summed E-state index contributed by atoms with van der Waals surface area (Å²) in [6.45, 7) is 6.86. The molecule has 1 nitrogen and oxygen atoms in total. The quantitative estimate of drug-likeness (QED) is 0.761. The molecule has 0 saturated carbocycles. The van der Waals surface area contributed by atoms with Crippen molar-refractivity contribution in [3.63, 3.8) is 0 Å². The van der Waals surface area contributed by atoms with E-state index in [0.29, 0.717) is 5.56 Å². The number of hydrogen-bond acceptors (Lipinski definition) is 2. The van der Waals surface area contributed by atoms with E-state index in [4.69, 9.17) is 0 Å². The number of nitrogens with one attached hydrogen (secondary N) is 1. The maximum Gasteiger partial charge on any atom is 0.131 e. The van der Waals surface area contributed by atoms with E-state index in [9.17, 15) is 4.39 Å². The number of thiophene rings is 1. The molecule has 0 fully saturated rings. The Morgan fingerprint density at radius 2 is 2.05 bits per heavy atom. The van der Waals surface area contributed by atoms with Crippen molar-refractivity contribution in [3.05, 3.63) is 55.4 Å². The van der Waals surface area contributed by atoms with Gasteiger partial charge in [0.2, 0.25) is 0 Å². The second kappa shape index (κ2) is 6.83. The van der Waals surface area contributed by atoms with Gasteiger partial charge in [0, 0.05) is 10.4 Å². The number of rotatable bonds is 5. The second-order valence-electron chi connectivity index (χ2n) is 4.97. The lowest BCUT2D eigenvalue weighted by Crippen LogP contribution is -2.23. The molecule has 1 aromatic heterocycles. The van der Waals surface area contributed by atoms with E-state index in [1.165, 1.54) is 5.56 Å². The van der Waals surface area contributed by atoms with Gasteiger partial charge in [-0.05, 0) is 59.9 Å². The lowest BCUT2D eigenvalue weighted by Gasteiger charge is -2.19. The first-order chi connectivity index (χ1) is 9.54. The number of benzene rings is 1. The van der Waals surface area contributed by atoms with Crippen molar-refractivity contribution < 1.29 is 4.39 Å². The van der Waals surface area contributed by atoms with Crippen molar-refractivity contribution in [2.24, 2.45) is 0 Å². The van der Waals surface area contributed by atoms with Gasteiger partial charge in [-0.25, -0.2) is 4.39 Å². The first-order valence-corrected chi connectivity index (χ1v) is 8.39. The van der Waals surface area contributed by atoms with Gasteiger partial charge in [-0.1, -0.05) is 25.1 Å². The summed E-state index contributed by atoms with van der Waals surface area (Å²) in [6, 6.07) is 7.65. The van der Waals surface area contributed by atoms with E-state index in [1.54, 1.807) is 11.3 Å². The van der Waals surface area contributed by atoms with Crippen molar-refractivity contribution in [1.82, 2.24) is 5.32 Å². The van der Waals surface area contributed by atoms with Crippen LogP contribution in [0.5, 0.6) is 0 Å². The summed E-state index contributed by atoms with van der Waals surface area (Å²) in [7, 11) is 0. The largest absolute Gasteiger partial charge is 0.306 e. The smallest absolute Gasteiger partial charge is 0.131 e. The van der Waals surface area contributed by atoms with Gasteiger partial charge in [0.05, 0.1) is 9.83 Å². The van der Waals surface area contributed by atoms with E-state index < -0.39 is 0 Å². The molecule has 0 bridgehead atoms. The fourth-order valence-electron chi connectivity index (χ4n) is 2.17. The molecule has 0 spiro atoms. The standard InChI is InChI=1S/C16H19BrFNS/c1-4-8-19-15(13-9-11(3)16(17)20-13)12-7-5-6-10(2)14(12)18/h5-7,9,15,19H,4,8H2,1-3H3. The van der Waals surface area contributed by atoms with Gasteiger partial charge in [0.15, 0.2) is 0 Å². The normalized spacial score (nSPS) is 12.7. The van der Waals surface area contributed by atoms with Crippen LogP contribution in [0.3, 0.4) is 0 Å². The molecule has 1 heterocycles. The Morgan fingerprint density at radius 1 is 1.30 bits per heavy atom. The van der Waals surface area contributed by atoms with Crippen LogP contribution in [0, 0.1) is 19.7 Å². The maximum atomic E-state index is 14.4. The van der Waals surface area contributed by atoms with Gasteiger partial charge in [-0.2, -0.15) is 0 Å². The summed E-state index contributed by atoms with van der Waals surface area (Å²) in [5.41, 5.74) is 2.62. The average molecular weight is 356 g/mol. The summed E-state index contributed by atoms with van der Waals surface area (Å²) < 4.78 is 15.5. The van der Waals surface area contributed by atoms with E-state index in [-0.39, 0.29) is 11.9 Å². The lowest BCUT2D eigenvalue weighted by atomic mass is 10.0. The average Bonchev–Trinajstić information content (AvgIpc) is 2.74. The van der Waals surface area contributed by atoms with Crippen molar-refractivity contribution in [2.45, 2.75) is 33.2 Å². The van der Waals surface area contributed by atoms with Crippen LogP contribution in [0.25, 0.3) is 0 Å². The highest BCUT2D eigenvalue weighted by Crippen LogP contribution is 2.35. The van der Waals surface area contributed by atoms with Gasteiger partial charge in [0.25, 0.3) is 0 Å². The Kier molecular flexibility index (Phi) is 5.35. The van der Waals surface area contributed by atoms with Crippen molar-refractivity contribution in [3.8, 4) is 0 Å². The second-order valence-corrected chi connectivity index (χ2v) is 7.37. The molecule has 0 aliphatic carbocycles. The minimum Gasteiger partial charge on any atom is -0.306 e. The molecule has 0 amide bonds. The summed E-state index contributed by atoms with van der Waals surface area (Å²) in [4.78, 5) is 1.15. The van der Waals surface area contributed by atoms with Gasteiger partial charge >= 0.3 is 0 Å². The molecule has 1 unspecified atom stereocenters. The Balaban J connectivity index is 2.44. The Morgan fingerprint density at radius 3 is 2.65 bits per heavy atom. The molecular formula is C16H19BrFNS. The van der Waals surface area contributed by atoms with E-state index in [1.807, 2.05) is 25.1 Å². The predicted octanol–water partition coefficient (Wildman–Crippen LogP) is 5.36. The summed E-state index contributed by atoms with van der Waals surface area (Å²) in [6.07, 6.45) is 1.02. The molecule has 1 aromatic carbocycles. The van der Waals surface area contributed by atoms with Crippen LogP contribution in [-0.2, 0) is 0 Å². The Bertz CT molecular complexity index is 575. The zero-order valence-corrected chi connectivity index (χ0v) is 14.4. The molecule has 2 aromatic rings. The van der Waals surface area contributed by atoms with Crippen molar-refractivity contribution in [2.75, 3.05) is 6.54 Å². The first-order valence-electron chi connectivity index (χ1n) is 6.78. The minimum atomic E-state index is -0.108. The third-order valence-electron chi connectivity index (χ3n) is 3.29. The zero-order chi connectivity index (χ0) is 14.7. The van der Waals surface area contributed by atoms with Crippen LogP contribution in [0.2, 0.25) is 0 Å². The molecule has 108 valence electrons. The molecule has 0 aliphatic heterocycles. The van der Waals surface area contributed by atoms with Crippen LogP contribution in [0.1, 0.15) is 41.0 Å². The number of aryl methyl sites for hydroxylation is 2. The Hall–Kier alpha value is -0.710. The molecule has 0 aliphatic rings. The van der Waals surface area contributed by atoms with Gasteiger partial charge in [-0.15, -0.1) is 11.3 Å². The van der Waals surface area contributed by atoms with Crippen LogP contribution >= 0.6 is 27.3 Å². The van der Waals surface area contributed by atoms with Crippen molar-refractivity contribution >= 4 is 27.3 Å². The molecule has 4 heteroatoms. The molecule has 1 atom stereocenters. The monoisotopic (exact) mass is 355 g/mol. The van der Waals surface area contributed by atoms with E-state index in [2.05, 4.69) is 41.2 Å². The SMILES string of the molecule is CCCNC(c1cc(C)c(Br)s1)c1cccc(C)c1F. The number of halogens is 2. The Labute approximate surface area is 132 Å².